The van der Waals surface area contributed by atoms with E-state index in [0.29, 0.717) is 23.2 Å². The Morgan fingerprint density at radius 1 is 1.43 bits per heavy atom. The molecule has 0 atom stereocenters. The molecule has 2 heterocycles. The lowest BCUT2D eigenvalue weighted by Crippen LogP contribution is -2.02. The average molecular weight is 210 g/mol. The lowest BCUT2D eigenvalue weighted by molar-refractivity contribution is 0.809. The van der Waals surface area contributed by atoms with Crippen LogP contribution in [0.2, 0.25) is 5.02 Å². The first-order chi connectivity index (χ1) is 6.81. The van der Waals surface area contributed by atoms with Gasteiger partial charge in [-0.15, -0.1) is 5.10 Å². The third-order valence-electron chi connectivity index (χ3n) is 1.68. The Bertz CT molecular complexity index is 439. The largest absolute Gasteiger partial charge is 0.324 e. The summed E-state index contributed by atoms with van der Waals surface area (Å²) in [5.41, 5.74) is 5.39. The molecule has 2 rings (SSSR count). The summed E-state index contributed by atoms with van der Waals surface area (Å²) in [7, 11) is 0. The number of rotatable bonds is 2. The fourth-order valence-corrected chi connectivity index (χ4v) is 1.25. The highest BCUT2D eigenvalue weighted by Gasteiger charge is 2.05. The second-order valence-electron chi connectivity index (χ2n) is 2.62. The van der Waals surface area contributed by atoms with Gasteiger partial charge >= 0.3 is 0 Å². The first-order valence-corrected chi connectivity index (χ1v) is 4.40. The van der Waals surface area contributed by atoms with Crippen molar-refractivity contribution >= 4 is 11.6 Å². The van der Waals surface area contributed by atoms with E-state index in [9.17, 15) is 0 Å². The molecular formula is C8H8ClN5. The molecule has 14 heavy (non-hydrogen) atoms. The molecule has 0 amide bonds. The van der Waals surface area contributed by atoms with Gasteiger partial charge in [0.1, 0.15) is 6.33 Å². The predicted molar refractivity (Wildman–Crippen MR) is 52.1 cm³/mol. The Balaban J connectivity index is 2.44. The first kappa shape index (κ1) is 9.11. The molecular weight excluding hydrogens is 202 g/mol. The van der Waals surface area contributed by atoms with Crippen molar-refractivity contribution in [3.05, 3.63) is 35.5 Å². The van der Waals surface area contributed by atoms with E-state index in [4.69, 9.17) is 17.3 Å². The molecule has 0 spiro atoms. The summed E-state index contributed by atoms with van der Waals surface area (Å²) in [6.45, 7) is 0.303. The standard InChI is InChI=1S/C8H8ClN5/c9-6-2-1-3-11-8(6)14-5-12-7(4-10)13-14/h1-3,5H,4,10H2. The minimum absolute atomic E-state index is 0.303. The summed E-state index contributed by atoms with van der Waals surface area (Å²) >= 11 is 5.93. The van der Waals surface area contributed by atoms with E-state index in [-0.39, 0.29) is 0 Å². The van der Waals surface area contributed by atoms with E-state index < -0.39 is 0 Å². The fraction of sp³-hybridized carbons (Fsp3) is 0.125. The van der Waals surface area contributed by atoms with Crippen LogP contribution in [-0.4, -0.2) is 19.7 Å². The van der Waals surface area contributed by atoms with E-state index in [1.165, 1.54) is 11.0 Å². The van der Waals surface area contributed by atoms with Crippen LogP contribution in [0.5, 0.6) is 0 Å². The van der Waals surface area contributed by atoms with Crippen LogP contribution in [0.4, 0.5) is 0 Å². The number of pyridine rings is 1. The molecule has 0 fully saturated rings. The molecule has 0 aliphatic carbocycles. The minimum atomic E-state index is 0.303. The maximum absolute atomic E-state index is 5.93. The molecule has 0 aliphatic rings. The molecule has 0 saturated heterocycles. The molecule has 6 heteroatoms. The second-order valence-corrected chi connectivity index (χ2v) is 3.03. The van der Waals surface area contributed by atoms with Gasteiger partial charge in [0.05, 0.1) is 11.6 Å². The molecule has 0 aromatic carbocycles. The van der Waals surface area contributed by atoms with E-state index in [1.807, 2.05) is 0 Å². The molecule has 0 radical (unpaired) electrons. The van der Waals surface area contributed by atoms with Crippen LogP contribution in [0.25, 0.3) is 5.82 Å². The molecule has 5 nitrogen and oxygen atoms in total. The van der Waals surface area contributed by atoms with Crippen LogP contribution in [0.1, 0.15) is 5.82 Å². The van der Waals surface area contributed by atoms with Gasteiger partial charge in [-0.1, -0.05) is 11.6 Å². The van der Waals surface area contributed by atoms with E-state index in [1.54, 1.807) is 18.3 Å². The maximum Gasteiger partial charge on any atom is 0.173 e. The summed E-state index contributed by atoms with van der Waals surface area (Å²) in [6, 6.07) is 3.50. The number of hydrogen-bond acceptors (Lipinski definition) is 4. The van der Waals surface area contributed by atoms with Crippen molar-refractivity contribution in [2.45, 2.75) is 6.54 Å². The number of nitrogens with zero attached hydrogens (tertiary/aromatic N) is 4. The van der Waals surface area contributed by atoms with Gasteiger partial charge in [0, 0.05) is 6.20 Å². The van der Waals surface area contributed by atoms with Crippen molar-refractivity contribution < 1.29 is 0 Å². The van der Waals surface area contributed by atoms with E-state index in [0.717, 1.165) is 0 Å². The highest BCUT2D eigenvalue weighted by Crippen LogP contribution is 2.15. The summed E-state index contributed by atoms with van der Waals surface area (Å²) in [5.74, 6) is 1.12. The molecule has 2 aromatic rings. The van der Waals surface area contributed by atoms with Crippen LogP contribution in [-0.2, 0) is 6.54 Å². The third kappa shape index (κ3) is 1.59. The van der Waals surface area contributed by atoms with Gasteiger partial charge in [0.15, 0.2) is 11.6 Å². The second kappa shape index (κ2) is 3.73. The van der Waals surface area contributed by atoms with Gasteiger partial charge in [-0.3, -0.25) is 0 Å². The Labute approximate surface area is 85.5 Å². The summed E-state index contributed by atoms with van der Waals surface area (Å²) in [4.78, 5) is 8.06. The normalized spacial score (nSPS) is 10.4. The van der Waals surface area contributed by atoms with Crippen LogP contribution >= 0.6 is 11.6 Å². The average Bonchev–Trinajstić information content (AvgIpc) is 2.67. The van der Waals surface area contributed by atoms with Crippen molar-refractivity contribution in [3.8, 4) is 5.82 Å². The van der Waals surface area contributed by atoms with Gasteiger partial charge in [-0.05, 0) is 12.1 Å². The van der Waals surface area contributed by atoms with Crippen molar-refractivity contribution in [1.82, 2.24) is 19.7 Å². The first-order valence-electron chi connectivity index (χ1n) is 4.03. The Kier molecular flexibility index (Phi) is 2.43. The fourth-order valence-electron chi connectivity index (χ4n) is 1.04. The Morgan fingerprint density at radius 2 is 2.29 bits per heavy atom. The highest BCUT2D eigenvalue weighted by molar-refractivity contribution is 6.32. The zero-order valence-electron chi connectivity index (χ0n) is 7.26. The number of halogens is 1. The maximum atomic E-state index is 5.93. The van der Waals surface area contributed by atoms with E-state index >= 15 is 0 Å². The highest BCUT2D eigenvalue weighted by atomic mass is 35.5. The summed E-state index contributed by atoms with van der Waals surface area (Å²) in [6.07, 6.45) is 3.18. The Hall–Kier alpha value is -1.46. The molecule has 0 aliphatic heterocycles. The smallest absolute Gasteiger partial charge is 0.173 e. The quantitative estimate of drug-likeness (QED) is 0.794. The Morgan fingerprint density at radius 3 is 2.93 bits per heavy atom. The van der Waals surface area contributed by atoms with Crippen LogP contribution in [0, 0.1) is 0 Å². The molecule has 0 unspecified atom stereocenters. The molecule has 0 saturated carbocycles. The van der Waals surface area contributed by atoms with Crippen LogP contribution < -0.4 is 5.73 Å². The zero-order chi connectivity index (χ0) is 9.97. The van der Waals surface area contributed by atoms with Gasteiger partial charge in [0.2, 0.25) is 0 Å². The van der Waals surface area contributed by atoms with Crippen molar-refractivity contribution in [2.75, 3.05) is 0 Å². The molecule has 2 aromatic heterocycles. The van der Waals surface area contributed by atoms with Gasteiger partial charge in [-0.25, -0.2) is 14.6 Å². The van der Waals surface area contributed by atoms with Gasteiger partial charge in [0.25, 0.3) is 0 Å². The van der Waals surface area contributed by atoms with Gasteiger partial charge < -0.3 is 5.73 Å². The molecule has 72 valence electrons. The summed E-state index contributed by atoms with van der Waals surface area (Å²) in [5, 5.41) is 4.62. The van der Waals surface area contributed by atoms with E-state index in [2.05, 4.69) is 15.1 Å². The molecule has 0 bridgehead atoms. The molecule has 2 N–H and O–H groups in total. The zero-order valence-corrected chi connectivity index (χ0v) is 8.02. The van der Waals surface area contributed by atoms with Crippen molar-refractivity contribution in [3.63, 3.8) is 0 Å². The topological polar surface area (TPSA) is 69.6 Å². The van der Waals surface area contributed by atoms with Crippen molar-refractivity contribution in [2.24, 2.45) is 5.73 Å². The van der Waals surface area contributed by atoms with Crippen LogP contribution in [0.15, 0.2) is 24.7 Å². The van der Waals surface area contributed by atoms with Crippen LogP contribution in [0.3, 0.4) is 0 Å². The van der Waals surface area contributed by atoms with Crippen molar-refractivity contribution in [1.29, 1.82) is 0 Å². The summed E-state index contributed by atoms with van der Waals surface area (Å²) < 4.78 is 1.50. The lowest BCUT2D eigenvalue weighted by atomic mass is 10.5. The minimum Gasteiger partial charge on any atom is -0.324 e. The SMILES string of the molecule is NCc1ncn(-c2ncccc2Cl)n1. The predicted octanol–water partition coefficient (Wildman–Crippen LogP) is 0.774. The number of hydrogen-bond donors (Lipinski definition) is 1. The monoisotopic (exact) mass is 209 g/mol. The number of nitrogens with two attached hydrogens (primary N) is 1. The third-order valence-corrected chi connectivity index (χ3v) is 1.97. The van der Waals surface area contributed by atoms with Gasteiger partial charge in [-0.2, -0.15) is 0 Å². The number of aromatic nitrogens is 4. The lowest BCUT2D eigenvalue weighted by Gasteiger charge is -1.99.